The highest BCUT2D eigenvalue weighted by Gasteiger charge is 2.03. The molecule has 5 heteroatoms. The highest BCUT2D eigenvalue weighted by molar-refractivity contribution is 7.18. The van der Waals surface area contributed by atoms with E-state index in [0.29, 0.717) is 10.5 Å². The van der Waals surface area contributed by atoms with Crippen LogP contribution >= 0.6 is 11.3 Å². The predicted molar refractivity (Wildman–Crippen MR) is 45.7 cm³/mol. The number of aromatic nitrogens is 2. The molecule has 0 fully saturated rings. The third-order valence-electron chi connectivity index (χ3n) is 1.57. The van der Waals surface area contributed by atoms with Crippen LogP contribution < -0.4 is 5.56 Å². The van der Waals surface area contributed by atoms with E-state index in [1.165, 1.54) is 16.8 Å². The van der Waals surface area contributed by atoms with Gasteiger partial charge in [0.2, 0.25) is 0 Å². The Labute approximate surface area is 71.7 Å². The quantitative estimate of drug-likeness (QED) is 0.654. The molecule has 0 aliphatic carbocycles. The maximum atomic E-state index is 11.4. The van der Waals surface area contributed by atoms with Gasteiger partial charge in [-0.15, -0.1) is 0 Å². The number of aromatic hydroxyl groups is 1. The molecule has 4 nitrogen and oxygen atoms in total. The van der Waals surface area contributed by atoms with Crippen molar-refractivity contribution in [2.75, 3.05) is 0 Å². The largest absolute Gasteiger partial charge is 0.498 e. The fourth-order valence-electron chi connectivity index (χ4n) is 0.966. The summed E-state index contributed by atoms with van der Waals surface area (Å²) in [5, 5.41) is 9.19. The van der Waals surface area contributed by atoms with Crippen LogP contribution in [0.1, 0.15) is 5.56 Å². The number of nitrogens with zero attached hydrogens (tertiary/aromatic N) is 2. The van der Waals surface area contributed by atoms with Crippen molar-refractivity contribution < 1.29 is 5.11 Å². The van der Waals surface area contributed by atoms with Crippen molar-refractivity contribution in [2.45, 2.75) is 6.92 Å². The van der Waals surface area contributed by atoms with Gasteiger partial charge in [0.15, 0.2) is 10.0 Å². The summed E-state index contributed by atoms with van der Waals surface area (Å²) in [7, 11) is 0. The molecule has 0 bridgehead atoms. The summed E-state index contributed by atoms with van der Waals surface area (Å²) >= 11 is 1.08. The molecular weight excluding hydrogens is 176 g/mol. The lowest BCUT2D eigenvalue weighted by atomic mass is 10.4. The third-order valence-corrected chi connectivity index (χ3v) is 2.37. The van der Waals surface area contributed by atoms with Crippen LogP contribution in [0.3, 0.4) is 0 Å². The van der Waals surface area contributed by atoms with E-state index in [4.69, 9.17) is 5.11 Å². The highest BCUT2D eigenvalue weighted by atomic mass is 32.1. The van der Waals surface area contributed by atoms with Gasteiger partial charge in [0, 0.05) is 11.8 Å². The maximum Gasteiger partial charge on any atom is 0.261 e. The third kappa shape index (κ3) is 0.902. The minimum Gasteiger partial charge on any atom is -0.498 e. The summed E-state index contributed by atoms with van der Waals surface area (Å²) in [6.45, 7) is 1.69. The Morgan fingerprint density at radius 2 is 2.42 bits per heavy atom. The Hall–Kier alpha value is -1.36. The van der Waals surface area contributed by atoms with Gasteiger partial charge in [0.25, 0.3) is 5.56 Å². The van der Waals surface area contributed by atoms with Gasteiger partial charge in [-0.25, -0.2) is 4.98 Å². The number of hydrogen-bond acceptors (Lipinski definition) is 4. The fourth-order valence-corrected chi connectivity index (χ4v) is 1.65. The average Bonchev–Trinajstić information content (AvgIpc) is 2.39. The van der Waals surface area contributed by atoms with Gasteiger partial charge < -0.3 is 5.11 Å². The monoisotopic (exact) mass is 182 g/mol. The van der Waals surface area contributed by atoms with Crippen LogP contribution in [0.15, 0.2) is 17.2 Å². The first kappa shape index (κ1) is 7.30. The first-order valence-corrected chi connectivity index (χ1v) is 4.17. The highest BCUT2D eigenvalue weighted by Crippen LogP contribution is 2.19. The summed E-state index contributed by atoms with van der Waals surface area (Å²) in [6, 6.07) is 0. The van der Waals surface area contributed by atoms with Crippen LogP contribution in [-0.4, -0.2) is 14.5 Å². The van der Waals surface area contributed by atoms with Gasteiger partial charge in [-0.3, -0.25) is 9.20 Å². The average molecular weight is 182 g/mol. The molecule has 12 heavy (non-hydrogen) atoms. The Balaban J connectivity index is 2.99. The van der Waals surface area contributed by atoms with Gasteiger partial charge in [0.1, 0.15) is 0 Å². The summed E-state index contributed by atoms with van der Waals surface area (Å²) in [5.41, 5.74) is 0.446. The molecule has 2 heterocycles. The molecule has 0 spiro atoms. The lowest BCUT2D eigenvalue weighted by molar-refractivity contribution is 0.488. The second-order valence-electron chi connectivity index (χ2n) is 2.47. The molecule has 0 radical (unpaired) electrons. The van der Waals surface area contributed by atoms with Crippen molar-refractivity contribution in [3.8, 4) is 5.06 Å². The number of hydrogen-bond donors (Lipinski definition) is 1. The first-order valence-electron chi connectivity index (χ1n) is 3.35. The second-order valence-corrected chi connectivity index (χ2v) is 3.46. The lowest BCUT2D eigenvalue weighted by Gasteiger charge is -1.91. The minimum atomic E-state index is -0.128. The summed E-state index contributed by atoms with van der Waals surface area (Å²) in [6.07, 6.45) is 2.88. The molecule has 0 amide bonds. The molecule has 0 saturated carbocycles. The molecule has 2 aromatic heterocycles. The maximum absolute atomic E-state index is 11.4. The zero-order chi connectivity index (χ0) is 8.72. The van der Waals surface area contributed by atoms with E-state index < -0.39 is 0 Å². The van der Waals surface area contributed by atoms with Gasteiger partial charge >= 0.3 is 0 Å². The Morgan fingerprint density at radius 1 is 1.67 bits per heavy atom. The van der Waals surface area contributed by atoms with Crippen LogP contribution in [0.5, 0.6) is 5.06 Å². The summed E-state index contributed by atoms with van der Waals surface area (Å²) in [4.78, 5) is 15.9. The van der Waals surface area contributed by atoms with Crippen molar-refractivity contribution in [3.63, 3.8) is 0 Å². The Kier molecular flexibility index (Phi) is 1.41. The van der Waals surface area contributed by atoms with E-state index in [2.05, 4.69) is 4.98 Å². The smallest absolute Gasteiger partial charge is 0.261 e. The van der Waals surface area contributed by atoms with Crippen LogP contribution in [0, 0.1) is 6.92 Å². The molecule has 2 aromatic rings. The summed E-state index contributed by atoms with van der Waals surface area (Å²) < 4.78 is 1.34. The van der Waals surface area contributed by atoms with Gasteiger partial charge in [-0.1, -0.05) is 11.3 Å². The van der Waals surface area contributed by atoms with Crippen molar-refractivity contribution in [1.29, 1.82) is 0 Å². The van der Waals surface area contributed by atoms with Crippen LogP contribution in [0.4, 0.5) is 0 Å². The van der Waals surface area contributed by atoms with Crippen molar-refractivity contribution in [2.24, 2.45) is 0 Å². The van der Waals surface area contributed by atoms with E-state index in [-0.39, 0.29) is 10.6 Å². The van der Waals surface area contributed by atoms with E-state index in [0.717, 1.165) is 11.3 Å². The van der Waals surface area contributed by atoms with E-state index >= 15 is 0 Å². The molecule has 1 N–H and O–H groups in total. The SMILES string of the molecule is Cc1cnc2sc(O)cn2c1=O. The standard InChI is InChI=1S/C7H6N2O2S/c1-4-2-8-7-9(6(4)11)3-5(10)12-7/h2-3,10H,1H3. The van der Waals surface area contributed by atoms with Crippen molar-refractivity contribution in [1.82, 2.24) is 9.38 Å². The number of rotatable bonds is 0. The van der Waals surface area contributed by atoms with Gasteiger partial charge in [-0.2, -0.15) is 0 Å². The normalized spacial score (nSPS) is 10.8. The van der Waals surface area contributed by atoms with Crippen LogP contribution in [0.2, 0.25) is 0 Å². The minimum absolute atomic E-state index is 0.102. The fraction of sp³-hybridized carbons (Fsp3) is 0.143. The van der Waals surface area contributed by atoms with E-state index in [1.54, 1.807) is 6.92 Å². The molecule has 0 aliphatic rings. The number of thiazole rings is 1. The van der Waals surface area contributed by atoms with E-state index in [9.17, 15) is 4.79 Å². The van der Waals surface area contributed by atoms with E-state index in [1.807, 2.05) is 0 Å². The van der Waals surface area contributed by atoms with Gasteiger partial charge in [0.05, 0.1) is 6.20 Å². The van der Waals surface area contributed by atoms with Crippen LogP contribution in [-0.2, 0) is 0 Å². The molecule has 62 valence electrons. The second kappa shape index (κ2) is 2.31. The molecule has 0 saturated heterocycles. The first-order chi connectivity index (χ1) is 5.68. The Bertz CT molecular complexity index is 486. The summed E-state index contributed by atoms with van der Waals surface area (Å²) in [5.74, 6) is 0. The molecular formula is C7H6N2O2S. The number of fused-ring (bicyclic) bond motifs is 1. The van der Waals surface area contributed by atoms with Gasteiger partial charge in [-0.05, 0) is 6.92 Å². The van der Waals surface area contributed by atoms with Crippen LogP contribution in [0.25, 0.3) is 4.96 Å². The molecule has 0 aromatic carbocycles. The van der Waals surface area contributed by atoms with Crippen molar-refractivity contribution >= 4 is 16.3 Å². The topological polar surface area (TPSA) is 54.6 Å². The zero-order valence-corrected chi connectivity index (χ0v) is 7.13. The predicted octanol–water partition coefficient (Wildman–Crippen LogP) is 0.770. The Morgan fingerprint density at radius 3 is 3.17 bits per heavy atom. The molecule has 0 aliphatic heterocycles. The van der Waals surface area contributed by atoms with Crippen molar-refractivity contribution in [3.05, 3.63) is 28.3 Å². The lowest BCUT2D eigenvalue weighted by Crippen LogP contribution is -2.14. The zero-order valence-electron chi connectivity index (χ0n) is 6.31. The molecule has 0 atom stereocenters. The molecule has 2 rings (SSSR count). The molecule has 0 unspecified atom stereocenters. The number of aryl methyl sites for hydroxylation is 1.